The highest BCUT2D eigenvalue weighted by Gasteiger charge is 2.22. The zero-order chi connectivity index (χ0) is 28.1. The summed E-state index contributed by atoms with van der Waals surface area (Å²) < 4.78 is 9.11. The van der Waals surface area contributed by atoms with Crippen LogP contribution < -0.4 is 11.2 Å². The summed E-state index contributed by atoms with van der Waals surface area (Å²) in [6.45, 7) is 0.528. The Hall–Kier alpha value is -3.62. The van der Waals surface area contributed by atoms with E-state index in [9.17, 15) is 19.2 Å². The van der Waals surface area contributed by atoms with Crippen molar-refractivity contribution in [2.24, 2.45) is 0 Å². The summed E-state index contributed by atoms with van der Waals surface area (Å²) in [7, 11) is 0. The maximum absolute atomic E-state index is 13.7. The van der Waals surface area contributed by atoms with Crippen molar-refractivity contribution in [2.45, 2.75) is 57.7 Å². The number of hydrogen-bond acceptors (Lipinski definition) is 5. The molecule has 3 aromatic carbocycles. The lowest BCUT2D eigenvalue weighted by molar-refractivity contribution is -0.119. The van der Waals surface area contributed by atoms with Gasteiger partial charge < -0.3 is 4.74 Å². The monoisotopic (exact) mass is 602 g/mol. The van der Waals surface area contributed by atoms with Crippen LogP contribution in [0.15, 0.2) is 86.9 Å². The molecule has 0 N–H and O–H groups in total. The van der Waals surface area contributed by atoms with Crippen molar-refractivity contribution in [2.75, 3.05) is 6.61 Å². The van der Waals surface area contributed by atoms with Crippen LogP contribution in [0.1, 0.15) is 47.2 Å². The van der Waals surface area contributed by atoms with Crippen LogP contribution in [-0.2, 0) is 35.5 Å². The van der Waals surface area contributed by atoms with E-state index in [1.165, 1.54) is 14.7 Å². The molecule has 1 atom stereocenters. The van der Waals surface area contributed by atoms with Crippen LogP contribution in [0.25, 0.3) is 10.9 Å². The number of carbonyl (C=O) groups excluding carboxylic acids is 2. The van der Waals surface area contributed by atoms with Crippen molar-refractivity contribution in [1.29, 1.82) is 0 Å². The molecule has 0 radical (unpaired) electrons. The van der Waals surface area contributed by atoms with E-state index in [-0.39, 0.29) is 37.2 Å². The molecule has 206 valence electrons. The van der Waals surface area contributed by atoms with Gasteiger partial charge in [-0.05, 0) is 61.1 Å². The number of fused-ring (bicyclic) bond motifs is 1. The number of hydrogen-bond donors (Lipinski definition) is 0. The zero-order valence-corrected chi connectivity index (χ0v) is 23.8. The Morgan fingerprint density at radius 2 is 1.70 bits per heavy atom. The summed E-state index contributed by atoms with van der Waals surface area (Å²) in [5, 5.41) is 0.301. The molecule has 7 nitrogen and oxygen atoms in total. The van der Waals surface area contributed by atoms with E-state index < -0.39 is 11.2 Å². The summed E-state index contributed by atoms with van der Waals surface area (Å²) in [5.74, 6) is -0.241. The molecule has 1 aromatic heterocycles. The van der Waals surface area contributed by atoms with E-state index >= 15 is 0 Å². The van der Waals surface area contributed by atoms with E-state index in [4.69, 9.17) is 4.74 Å². The van der Waals surface area contributed by atoms with Crippen LogP contribution in [0.3, 0.4) is 0 Å². The molecule has 2 heterocycles. The van der Waals surface area contributed by atoms with E-state index in [1.807, 2.05) is 54.6 Å². The fraction of sp³-hybridized carbons (Fsp3) is 0.312. The Morgan fingerprint density at radius 3 is 2.42 bits per heavy atom. The lowest BCUT2D eigenvalue weighted by Gasteiger charge is -2.17. The summed E-state index contributed by atoms with van der Waals surface area (Å²) in [6, 6.07) is 22.2. The van der Waals surface area contributed by atoms with Crippen LogP contribution >= 0.6 is 15.9 Å². The number of ketones is 2. The predicted molar refractivity (Wildman–Crippen MR) is 158 cm³/mol. The van der Waals surface area contributed by atoms with E-state index in [1.54, 1.807) is 18.2 Å². The molecule has 0 spiro atoms. The molecular weight excluding hydrogens is 572 g/mol. The largest absolute Gasteiger partial charge is 0.376 e. The van der Waals surface area contributed by atoms with Crippen LogP contribution in [0.5, 0.6) is 0 Å². The number of rotatable bonds is 11. The van der Waals surface area contributed by atoms with Gasteiger partial charge in [-0.1, -0.05) is 64.5 Å². The number of Topliss-reactive ketones (excluding diaryl/α,β-unsaturated/α-hetero) is 2. The number of carbonyl (C=O) groups is 2. The van der Waals surface area contributed by atoms with Gasteiger partial charge in [-0.2, -0.15) is 0 Å². The lowest BCUT2D eigenvalue weighted by atomic mass is 10.0. The van der Waals surface area contributed by atoms with Gasteiger partial charge in [0.1, 0.15) is 0 Å². The molecule has 1 saturated heterocycles. The Labute approximate surface area is 240 Å². The van der Waals surface area contributed by atoms with Crippen molar-refractivity contribution in [3.8, 4) is 0 Å². The number of halogens is 1. The SMILES string of the molecule is O=C(Cc1ccc(Br)cc1)Cn1c(=O)n(CC2CCCO2)c(=O)c2ccc(C(=O)CCCc3ccccc3)cc21. The van der Waals surface area contributed by atoms with Crippen LogP contribution in [0, 0.1) is 0 Å². The van der Waals surface area contributed by atoms with Crippen molar-refractivity contribution in [3.63, 3.8) is 0 Å². The Kier molecular flexibility index (Phi) is 8.87. The molecule has 40 heavy (non-hydrogen) atoms. The van der Waals surface area contributed by atoms with Crippen molar-refractivity contribution in [3.05, 3.63) is 115 Å². The zero-order valence-electron chi connectivity index (χ0n) is 22.2. The average Bonchev–Trinajstić information content (AvgIpc) is 3.48. The molecule has 1 unspecified atom stereocenters. The van der Waals surface area contributed by atoms with Gasteiger partial charge in [-0.25, -0.2) is 4.79 Å². The summed E-state index contributed by atoms with van der Waals surface area (Å²) in [6.07, 6.45) is 3.37. The van der Waals surface area contributed by atoms with Gasteiger partial charge in [0.2, 0.25) is 0 Å². The minimum atomic E-state index is -0.564. The average molecular weight is 604 g/mol. The fourth-order valence-corrected chi connectivity index (χ4v) is 5.46. The van der Waals surface area contributed by atoms with Crippen molar-refractivity contribution in [1.82, 2.24) is 9.13 Å². The van der Waals surface area contributed by atoms with Gasteiger partial charge in [0.15, 0.2) is 11.6 Å². The number of nitrogens with zero attached hydrogens (tertiary/aromatic N) is 2. The van der Waals surface area contributed by atoms with E-state index in [0.29, 0.717) is 35.9 Å². The number of benzene rings is 3. The number of aryl methyl sites for hydroxylation is 1. The van der Waals surface area contributed by atoms with Crippen molar-refractivity contribution < 1.29 is 14.3 Å². The summed E-state index contributed by atoms with van der Waals surface area (Å²) >= 11 is 3.40. The Morgan fingerprint density at radius 1 is 0.925 bits per heavy atom. The van der Waals surface area contributed by atoms with Crippen molar-refractivity contribution >= 4 is 38.4 Å². The molecule has 5 rings (SSSR count). The molecule has 0 saturated carbocycles. The van der Waals surface area contributed by atoms with Gasteiger partial charge in [-0.3, -0.25) is 23.5 Å². The highest BCUT2D eigenvalue weighted by atomic mass is 79.9. The normalized spacial score (nSPS) is 15.0. The third-order valence-electron chi connectivity index (χ3n) is 7.32. The molecule has 8 heteroatoms. The topological polar surface area (TPSA) is 87.4 Å². The molecule has 1 fully saturated rings. The first kappa shape index (κ1) is 27.9. The molecular formula is C32H31BrN2O5. The molecule has 1 aliphatic heterocycles. The third-order valence-corrected chi connectivity index (χ3v) is 7.85. The van der Waals surface area contributed by atoms with E-state index in [2.05, 4.69) is 15.9 Å². The number of ether oxygens (including phenoxy) is 1. The second-order valence-corrected chi connectivity index (χ2v) is 11.2. The standard InChI is InChI=1S/C32H31BrN2O5/c33-25-14-11-23(12-15-25)18-26(36)20-34-29-19-24(30(37)10-4-8-22-6-2-1-3-7-22)13-16-28(29)31(38)35(32(34)39)21-27-9-5-17-40-27/h1-3,6-7,11-16,19,27H,4-5,8-10,17-18,20-21H2. The Balaban J connectivity index is 1.46. The van der Waals surface area contributed by atoms with Gasteiger partial charge in [0.05, 0.1) is 30.1 Å². The maximum atomic E-state index is 13.7. The van der Waals surface area contributed by atoms with Gasteiger partial charge in [0.25, 0.3) is 5.56 Å². The second-order valence-electron chi connectivity index (χ2n) is 10.3. The molecule has 0 bridgehead atoms. The van der Waals surface area contributed by atoms with Gasteiger partial charge >= 0.3 is 5.69 Å². The summed E-state index contributed by atoms with van der Waals surface area (Å²) in [5.41, 5.74) is 1.72. The van der Waals surface area contributed by atoms with Crippen LogP contribution in [-0.4, -0.2) is 33.4 Å². The third kappa shape index (κ3) is 6.57. The second kappa shape index (κ2) is 12.7. The highest BCUT2D eigenvalue weighted by Crippen LogP contribution is 2.18. The molecule has 0 aliphatic carbocycles. The summed E-state index contributed by atoms with van der Waals surface area (Å²) in [4.78, 5) is 53.3. The Bertz CT molecular complexity index is 1630. The minimum Gasteiger partial charge on any atom is -0.376 e. The molecule has 4 aromatic rings. The minimum absolute atomic E-state index is 0.0680. The first-order valence-corrected chi connectivity index (χ1v) is 14.4. The van der Waals surface area contributed by atoms with E-state index in [0.717, 1.165) is 29.3 Å². The lowest BCUT2D eigenvalue weighted by Crippen LogP contribution is -2.43. The maximum Gasteiger partial charge on any atom is 0.331 e. The molecule has 0 amide bonds. The number of aromatic nitrogens is 2. The fourth-order valence-electron chi connectivity index (χ4n) is 5.20. The highest BCUT2D eigenvalue weighted by molar-refractivity contribution is 9.10. The molecule has 1 aliphatic rings. The van der Waals surface area contributed by atoms with Crippen LogP contribution in [0.4, 0.5) is 0 Å². The first-order chi connectivity index (χ1) is 19.4. The first-order valence-electron chi connectivity index (χ1n) is 13.6. The smallest absolute Gasteiger partial charge is 0.331 e. The quantitative estimate of drug-likeness (QED) is 0.222. The van der Waals surface area contributed by atoms with Gasteiger partial charge in [-0.15, -0.1) is 0 Å². The predicted octanol–water partition coefficient (Wildman–Crippen LogP) is 5.12. The van der Waals surface area contributed by atoms with Gasteiger partial charge in [0, 0.05) is 29.5 Å². The van der Waals surface area contributed by atoms with Crippen LogP contribution in [0.2, 0.25) is 0 Å².